The molecule has 1 heterocycles. The number of rotatable bonds is 9. The summed E-state index contributed by atoms with van der Waals surface area (Å²) in [5, 5.41) is 9.94. The Bertz CT molecular complexity index is 950. The van der Waals surface area contributed by atoms with Crippen LogP contribution in [0.4, 0.5) is 10.5 Å². The van der Waals surface area contributed by atoms with Gasteiger partial charge < -0.3 is 20.3 Å². The molecular formula is C23H29N5O2. The van der Waals surface area contributed by atoms with Gasteiger partial charge in [-0.2, -0.15) is 5.10 Å². The number of hydrogen-bond acceptors (Lipinski definition) is 4. The number of amides is 2. The van der Waals surface area contributed by atoms with Crippen LogP contribution >= 0.6 is 0 Å². The van der Waals surface area contributed by atoms with Crippen LogP contribution in [0.25, 0.3) is 11.1 Å². The van der Waals surface area contributed by atoms with Crippen LogP contribution in [0.1, 0.15) is 11.1 Å². The Balaban J connectivity index is 1.61. The van der Waals surface area contributed by atoms with Crippen molar-refractivity contribution in [3.05, 3.63) is 72.1 Å². The molecule has 0 spiro atoms. The number of carbonyl (C=O) groups excluding carboxylic acids is 1. The number of benzene rings is 2. The van der Waals surface area contributed by atoms with E-state index >= 15 is 0 Å². The predicted octanol–water partition coefficient (Wildman–Crippen LogP) is 3.58. The molecule has 0 saturated carbocycles. The van der Waals surface area contributed by atoms with Crippen LogP contribution in [0.2, 0.25) is 0 Å². The quantitative estimate of drug-likeness (QED) is 0.569. The van der Waals surface area contributed by atoms with Crippen molar-refractivity contribution in [1.82, 2.24) is 20.0 Å². The zero-order valence-corrected chi connectivity index (χ0v) is 17.8. The smallest absolute Gasteiger partial charge is 0.319 e. The molecule has 0 aliphatic carbocycles. The summed E-state index contributed by atoms with van der Waals surface area (Å²) in [5.41, 5.74) is 5.22. The Labute approximate surface area is 177 Å². The second-order valence-corrected chi connectivity index (χ2v) is 7.38. The fraction of sp³-hybridized carbons (Fsp3) is 0.304. The third-order valence-corrected chi connectivity index (χ3v) is 4.64. The van der Waals surface area contributed by atoms with E-state index in [9.17, 15) is 4.79 Å². The number of ether oxygens (including phenoxy) is 1. The van der Waals surface area contributed by atoms with Crippen LogP contribution in [0, 0.1) is 0 Å². The van der Waals surface area contributed by atoms with Crippen LogP contribution in [0.15, 0.2) is 60.9 Å². The molecule has 0 atom stereocenters. The van der Waals surface area contributed by atoms with Crippen LogP contribution in [0.5, 0.6) is 0 Å². The lowest BCUT2D eigenvalue weighted by Crippen LogP contribution is -2.28. The number of hydrogen-bond donors (Lipinski definition) is 2. The van der Waals surface area contributed by atoms with Crippen molar-refractivity contribution in [3.8, 4) is 11.1 Å². The molecule has 30 heavy (non-hydrogen) atoms. The highest BCUT2D eigenvalue weighted by Gasteiger charge is 2.08. The molecule has 0 bridgehead atoms. The van der Waals surface area contributed by atoms with Crippen molar-refractivity contribution in [3.63, 3.8) is 0 Å². The number of anilines is 1. The highest BCUT2D eigenvalue weighted by Crippen LogP contribution is 2.24. The van der Waals surface area contributed by atoms with Gasteiger partial charge in [-0.15, -0.1) is 0 Å². The van der Waals surface area contributed by atoms with Crippen molar-refractivity contribution >= 4 is 11.7 Å². The molecule has 2 aromatic carbocycles. The summed E-state index contributed by atoms with van der Waals surface area (Å²) < 4.78 is 6.76. The van der Waals surface area contributed by atoms with Gasteiger partial charge in [0.05, 0.1) is 25.0 Å². The fourth-order valence-electron chi connectivity index (χ4n) is 3.20. The van der Waals surface area contributed by atoms with Gasteiger partial charge in [-0.25, -0.2) is 4.79 Å². The first-order chi connectivity index (χ1) is 14.5. The zero-order valence-electron chi connectivity index (χ0n) is 17.8. The summed E-state index contributed by atoms with van der Waals surface area (Å²) in [6.07, 6.45) is 3.40. The maximum atomic E-state index is 12.3. The Morgan fingerprint density at radius 3 is 2.63 bits per heavy atom. The summed E-state index contributed by atoms with van der Waals surface area (Å²) in [6.45, 7) is 2.55. The molecule has 0 aliphatic rings. The molecule has 3 rings (SSSR count). The van der Waals surface area contributed by atoms with E-state index in [1.165, 1.54) is 5.56 Å². The van der Waals surface area contributed by atoms with Crippen molar-refractivity contribution in [1.29, 1.82) is 0 Å². The van der Waals surface area contributed by atoms with E-state index in [0.717, 1.165) is 23.2 Å². The van der Waals surface area contributed by atoms with Gasteiger partial charge in [-0.05, 0) is 36.3 Å². The summed E-state index contributed by atoms with van der Waals surface area (Å²) in [6, 6.07) is 16.4. The third-order valence-electron chi connectivity index (χ3n) is 4.64. The maximum absolute atomic E-state index is 12.3. The van der Waals surface area contributed by atoms with Crippen LogP contribution in [-0.4, -0.2) is 48.5 Å². The van der Waals surface area contributed by atoms with E-state index in [1.807, 2.05) is 18.2 Å². The van der Waals surface area contributed by atoms with Gasteiger partial charge in [0.1, 0.15) is 0 Å². The Hall–Kier alpha value is -3.16. The van der Waals surface area contributed by atoms with Crippen molar-refractivity contribution in [2.75, 3.05) is 33.1 Å². The van der Waals surface area contributed by atoms with Crippen LogP contribution in [0.3, 0.4) is 0 Å². The van der Waals surface area contributed by atoms with E-state index in [4.69, 9.17) is 4.74 Å². The molecule has 0 aliphatic heterocycles. The number of nitrogens with one attached hydrogen (secondary N) is 2. The normalized spacial score (nSPS) is 10.9. The second-order valence-electron chi connectivity index (χ2n) is 7.38. The summed E-state index contributed by atoms with van der Waals surface area (Å²) >= 11 is 0. The molecule has 0 unspecified atom stereocenters. The van der Waals surface area contributed by atoms with Crippen LogP contribution < -0.4 is 10.6 Å². The van der Waals surface area contributed by atoms with Gasteiger partial charge in [0.25, 0.3) is 0 Å². The molecule has 7 heteroatoms. The molecule has 1 aromatic heterocycles. The molecular weight excluding hydrogens is 378 g/mol. The topological polar surface area (TPSA) is 71.4 Å². The van der Waals surface area contributed by atoms with E-state index in [1.54, 1.807) is 24.2 Å². The van der Waals surface area contributed by atoms with Crippen molar-refractivity contribution in [2.24, 2.45) is 0 Å². The Morgan fingerprint density at radius 1 is 1.13 bits per heavy atom. The molecule has 0 fully saturated rings. The monoisotopic (exact) mass is 407 g/mol. The standard InChI is InChI=1S/C23H29N5O2/c1-27(2)16-18-8-10-19(11-9-18)22-7-5-4-6-20(22)14-24-23(29)26-21-15-25-28(17-21)12-13-30-3/h4-11,15,17H,12-14,16H2,1-3H3,(H2,24,26,29). The Kier molecular flexibility index (Phi) is 7.59. The lowest BCUT2D eigenvalue weighted by molar-refractivity contribution is 0.183. The van der Waals surface area contributed by atoms with Gasteiger partial charge in [0.15, 0.2) is 0 Å². The van der Waals surface area contributed by atoms with Crippen LogP contribution in [-0.2, 0) is 24.4 Å². The second kappa shape index (κ2) is 10.6. The Morgan fingerprint density at radius 2 is 1.90 bits per heavy atom. The fourth-order valence-corrected chi connectivity index (χ4v) is 3.20. The molecule has 158 valence electrons. The minimum Gasteiger partial charge on any atom is -0.383 e. The maximum Gasteiger partial charge on any atom is 0.319 e. The molecule has 2 amide bonds. The first-order valence-corrected chi connectivity index (χ1v) is 9.93. The molecule has 7 nitrogen and oxygen atoms in total. The number of urea groups is 1. The van der Waals surface area contributed by atoms with E-state index in [-0.39, 0.29) is 6.03 Å². The first-order valence-electron chi connectivity index (χ1n) is 9.93. The van der Waals surface area contributed by atoms with Gasteiger partial charge >= 0.3 is 6.03 Å². The SMILES string of the molecule is COCCn1cc(NC(=O)NCc2ccccc2-c2ccc(CN(C)C)cc2)cn1. The van der Waals surface area contributed by atoms with Gasteiger partial charge in [-0.1, -0.05) is 48.5 Å². The lowest BCUT2D eigenvalue weighted by atomic mass is 9.98. The molecule has 3 aromatic rings. The summed E-state index contributed by atoms with van der Waals surface area (Å²) in [7, 11) is 5.77. The minimum atomic E-state index is -0.266. The zero-order chi connectivity index (χ0) is 21.3. The summed E-state index contributed by atoms with van der Waals surface area (Å²) in [5.74, 6) is 0. The number of nitrogens with zero attached hydrogens (tertiary/aromatic N) is 3. The number of aromatic nitrogens is 2. The van der Waals surface area contributed by atoms with E-state index < -0.39 is 0 Å². The van der Waals surface area contributed by atoms with Gasteiger partial charge in [-0.3, -0.25) is 4.68 Å². The predicted molar refractivity (Wildman–Crippen MR) is 119 cm³/mol. The third kappa shape index (κ3) is 6.17. The molecule has 0 radical (unpaired) electrons. The van der Waals surface area contributed by atoms with Gasteiger partial charge in [0.2, 0.25) is 0 Å². The largest absolute Gasteiger partial charge is 0.383 e. The average molecular weight is 408 g/mol. The van der Waals surface area contributed by atoms with Gasteiger partial charge in [0, 0.05) is 26.4 Å². The number of methoxy groups -OCH3 is 1. The lowest BCUT2D eigenvalue weighted by Gasteiger charge is -2.13. The highest BCUT2D eigenvalue weighted by atomic mass is 16.5. The van der Waals surface area contributed by atoms with Crippen molar-refractivity contribution < 1.29 is 9.53 Å². The highest BCUT2D eigenvalue weighted by molar-refractivity contribution is 5.89. The van der Waals surface area contributed by atoms with Crippen molar-refractivity contribution in [2.45, 2.75) is 19.6 Å². The minimum absolute atomic E-state index is 0.266. The first kappa shape index (κ1) is 21.5. The summed E-state index contributed by atoms with van der Waals surface area (Å²) in [4.78, 5) is 14.5. The van der Waals surface area contributed by atoms with E-state index in [2.05, 4.69) is 65.1 Å². The molecule has 2 N–H and O–H groups in total. The molecule has 0 saturated heterocycles. The average Bonchev–Trinajstić information content (AvgIpc) is 3.18. The number of carbonyl (C=O) groups is 1. The van der Waals surface area contributed by atoms with E-state index in [0.29, 0.717) is 25.4 Å².